The predicted molar refractivity (Wildman–Crippen MR) is 118 cm³/mol. The molecule has 0 atom stereocenters. The van der Waals surface area contributed by atoms with Gasteiger partial charge in [0, 0.05) is 12.1 Å². The third kappa shape index (κ3) is 7.26. The zero-order valence-corrected chi connectivity index (χ0v) is 19.7. The topological polar surface area (TPSA) is 27.7 Å². The van der Waals surface area contributed by atoms with Gasteiger partial charge in [-0.25, -0.2) is 13.2 Å². The van der Waals surface area contributed by atoms with Gasteiger partial charge in [-0.1, -0.05) is 25.8 Å². The minimum absolute atomic E-state index is 0.205. The third-order valence-corrected chi connectivity index (χ3v) is 5.28. The number of hydrogen-bond donors (Lipinski definition) is 0. The molecular weight excluding hydrogens is 531 g/mol. The molecule has 0 aromatic heterocycles. The quantitative estimate of drug-likeness (QED) is 0.166. The van der Waals surface area contributed by atoms with E-state index in [1.54, 1.807) is 0 Å². The highest BCUT2D eigenvalue weighted by Crippen LogP contribution is 2.37. The van der Waals surface area contributed by atoms with Gasteiger partial charge in [0.15, 0.2) is 17.4 Å². The van der Waals surface area contributed by atoms with Gasteiger partial charge in [0.2, 0.25) is 0 Å². The summed E-state index contributed by atoms with van der Waals surface area (Å²) < 4.78 is 137. The lowest BCUT2D eigenvalue weighted by atomic mass is 10.0. The van der Waals surface area contributed by atoms with E-state index in [1.165, 1.54) is 6.07 Å². The van der Waals surface area contributed by atoms with Gasteiger partial charge in [-0.3, -0.25) is 0 Å². The van der Waals surface area contributed by atoms with E-state index in [4.69, 9.17) is 0 Å². The van der Waals surface area contributed by atoms with Crippen LogP contribution < -0.4 is 14.2 Å². The molecule has 0 aliphatic carbocycles. The molecule has 0 bridgehead atoms. The number of unbranched alkanes of at least 4 members (excludes halogenated alkanes) is 2. The SMILES string of the molecule is CCCCCc1ccc(C(F)(F)Oc2ccc(C(F)(F)Oc3cc(F)c(OC(F)F)c(F)c3)cc2)c(F)c1. The minimum Gasteiger partial charge on any atom is -0.429 e. The summed E-state index contributed by atoms with van der Waals surface area (Å²) in [5.41, 5.74) is -1.43. The second-order valence-electron chi connectivity index (χ2n) is 8.13. The zero-order chi connectivity index (χ0) is 28.1. The van der Waals surface area contributed by atoms with Crippen molar-refractivity contribution in [1.82, 2.24) is 0 Å². The molecule has 206 valence electrons. The van der Waals surface area contributed by atoms with E-state index in [1.807, 2.05) is 6.92 Å². The van der Waals surface area contributed by atoms with Gasteiger partial charge in [0.05, 0.1) is 11.1 Å². The number of alkyl halides is 6. The number of benzene rings is 3. The van der Waals surface area contributed by atoms with Gasteiger partial charge in [0.1, 0.15) is 17.3 Å². The Bertz CT molecular complexity index is 1210. The van der Waals surface area contributed by atoms with E-state index < -0.39 is 64.7 Å². The number of ether oxygens (including phenoxy) is 3. The van der Waals surface area contributed by atoms with Crippen LogP contribution in [0.1, 0.15) is 42.9 Å². The Kier molecular flexibility index (Phi) is 9.05. The first kappa shape index (κ1) is 29.0. The Morgan fingerprint density at radius 2 is 1.32 bits per heavy atom. The minimum atomic E-state index is -4.23. The van der Waals surface area contributed by atoms with Crippen LogP contribution in [-0.4, -0.2) is 6.61 Å². The molecule has 0 saturated heterocycles. The Hall–Kier alpha value is -3.57. The maximum absolute atomic E-state index is 14.6. The molecule has 0 aliphatic heterocycles. The molecule has 0 N–H and O–H groups in total. The second kappa shape index (κ2) is 11.9. The summed E-state index contributed by atoms with van der Waals surface area (Å²) in [7, 11) is 0. The van der Waals surface area contributed by atoms with Crippen molar-refractivity contribution in [2.24, 2.45) is 0 Å². The predicted octanol–water partition coefficient (Wildman–Crippen LogP) is 8.69. The van der Waals surface area contributed by atoms with Crippen LogP contribution >= 0.6 is 0 Å². The number of aryl methyl sites for hydroxylation is 1. The average molecular weight is 552 g/mol. The molecule has 3 aromatic carbocycles. The summed E-state index contributed by atoms with van der Waals surface area (Å²) >= 11 is 0. The molecule has 0 aliphatic rings. The molecule has 38 heavy (non-hydrogen) atoms. The fourth-order valence-electron chi connectivity index (χ4n) is 3.45. The molecule has 12 heteroatoms. The standard InChI is InChI=1S/C26H21F9O3/c1-2-3-4-5-15-6-11-19(20(27)12-15)26(34,35)37-17-9-7-16(8-10-17)25(32,33)38-18-13-21(28)23(22(29)14-18)36-24(30)31/h6-14,24H,2-5H2,1H3. The van der Waals surface area contributed by atoms with Crippen molar-refractivity contribution in [1.29, 1.82) is 0 Å². The van der Waals surface area contributed by atoms with Crippen LogP contribution in [0.15, 0.2) is 54.6 Å². The Labute approximate surface area is 211 Å². The Morgan fingerprint density at radius 1 is 0.711 bits per heavy atom. The summed E-state index contributed by atoms with van der Waals surface area (Å²) in [6.07, 6.45) is -5.24. The fourth-order valence-corrected chi connectivity index (χ4v) is 3.45. The van der Waals surface area contributed by atoms with Gasteiger partial charge < -0.3 is 14.2 Å². The van der Waals surface area contributed by atoms with Crippen molar-refractivity contribution < 1.29 is 53.7 Å². The Balaban J connectivity index is 1.72. The summed E-state index contributed by atoms with van der Waals surface area (Å²) in [5, 5.41) is 0. The van der Waals surface area contributed by atoms with Crippen LogP contribution in [0.25, 0.3) is 0 Å². The molecule has 0 fully saturated rings. The third-order valence-electron chi connectivity index (χ3n) is 5.28. The summed E-state index contributed by atoms with van der Waals surface area (Å²) in [4.78, 5) is 0. The van der Waals surface area contributed by atoms with Crippen LogP contribution in [-0.2, 0) is 18.6 Å². The van der Waals surface area contributed by atoms with Crippen molar-refractivity contribution >= 4 is 0 Å². The Morgan fingerprint density at radius 3 is 1.87 bits per heavy atom. The molecule has 0 amide bonds. The maximum Gasteiger partial charge on any atom is 0.429 e. The molecule has 3 nitrogen and oxygen atoms in total. The largest absolute Gasteiger partial charge is 0.429 e. The monoisotopic (exact) mass is 552 g/mol. The lowest BCUT2D eigenvalue weighted by Gasteiger charge is -2.21. The summed E-state index contributed by atoms with van der Waals surface area (Å²) in [6, 6.07) is 6.39. The molecule has 3 rings (SSSR count). The fraction of sp³-hybridized carbons (Fsp3) is 0.308. The van der Waals surface area contributed by atoms with Gasteiger partial charge in [-0.05, 0) is 54.8 Å². The molecule has 0 heterocycles. The first-order valence-corrected chi connectivity index (χ1v) is 11.3. The van der Waals surface area contributed by atoms with Gasteiger partial charge in [-0.15, -0.1) is 0 Å². The van der Waals surface area contributed by atoms with Crippen molar-refractivity contribution in [3.63, 3.8) is 0 Å². The van der Waals surface area contributed by atoms with Gasteiger partial charge >= 0.3 is 18.8 Å². The first-order chi connectivity index (χ1) is 17.8. The van der Waals surface area contributed by atoms with Crippen molar-refractivity contribution in [3.8, 4) is 17.2 Å². The van der Waals surface area contributed by atoms with E-state index in [9.17, 15) is 39.5 Å². The van der Waals surface area contributed by atoms with Gasteiger partial charge in [0.25, 0.3) is 0 Å². The van der Waals surface area contributed by atoms with E-state index in [0.717, 1.165) is 43.5 Å². The molecule has 0 saturated carbocycles. The van der Waals surface area contributed by atoms with Crippen molar-refractivity contribution in [3.05, 3.63) is 88.7 Å². The van der Waals surface area contributed by atoms with Crippen LogP contribution in [0.3, 0.4) is 0 Å². The smallest absolute Gasteiger partial charge is 0.429 e. The van der Waals surface area contributed by atoms with Crippen molar-refractivity contribution in [2.75, 3.05) is 0 Å². The number of hydrogen-bond acceptors (Lipinski definition) is 3. The van der Waals surface area contributed by atoms with Crippen molar-refractivity contribution in [2.45, 2.75) is 51.4 Å². The number of halogens is 9. The van der Waals surface area contributed by atoms with Crippen LogP contribution in [0, 0.1) is 17.5 Å². The summed E-state index contributed by atoms with van der Waals surface area (Å²) in [6.45, 7) is -1.58. The lowest BCUT2D eigenvalue weighted by molar-refractivity contribution is -0.188. The zero-order valence-electron chi connectivity index (χ0n) is 19.7. The van der Waals surface area contributed by atoms with E-state index >= 15 is 0 Å². The van der Waals surface area contributed by atoms with E-state index in [-0.39, 0.29) is 12.1 Å². The van der Waals surface area contributed by atoms with Gasteiger partial charge in [-0.2, -0.15) is 26.3 Å². The highest BCUT2D eigenvalue weighted by atomic mass is 19.3. The number of rotatable bonds is 12. The molecule has 3 aromatic rings. The van der Waals surface area contributed by atoms with E-state index in [0.29, 0.717) is 24.1 Å². The summed E-state index contributed by atoms with van der Waals surface area (Å²) in [5.74, 6) is -7.77. The lowest BCUT2D eigenvalue weighted by Crippen LogP contribution is -2.24. The first-order valence-electron chi connectivity index (χ1n) is 11.3. The van der Waals surface area contributed by atoms with Crippen LogP contribution in [0.2, 0.25) is 0 Å². The molecule has 0 spiro atoms. The highest BCUT2D eigenvalue weighted by Gasteiger charge is 2.39. The highest BCUT2D eigenvalue weighted by molar-refractivity contribution is 5.36. The molecular formula is C26H21F9O3. The van der Waals surface area contributed by atoms with E-state index in [2.05, 4.69) is 14.2 Å². The maximum atomic E-state index is 14.6. The average Bonchev–Trinajstić information content (AvgIpc) is 2.81. The van der Waals surface area contributed by atoms with Crippen LogP contribution in [0.4, 0.5) is 39.5 Å². The normalized spacial score (nSPS) is 12.1. The molecule has 0 unspecified atom stereocenters. The van der Waals surface area contributed by atoms with Crippen LogP contribution in [0.5, 0.6) is 17.2 Å². The second-order valence-corrected chi connectivity index (χ2v) is 8.13. The molecule has 0 radical (unpaired) electrons.